The lowest BCUT2D eigenvalue weighted by Gasteiger charge is -2.47. The van der Waals surface area contributed by atoms with Crippen LogP contribution >= 0.6 is 0 Å². The van der Waals surface area contributed by atoms with E-state index in [0.29, 0.717) is 41.3 Å². The molecule has 0 saturated heterocycles. The van der Waals surface area contributed by atoms with Crippen LogP contribution in [0, 0.1) is 0 Å². The standard InChI is InChI=1S/C31H42F6O4/c1-18(2)20-16-19-14-13-15-22(21(19)17-23(20)25(5,6)40-27(9,10)26(7,8)38)24(3,4)41-28(11,12)29(39,30(32,33)34)31(35,36)37/h13-17,38-39H,1H2,2-12H3. The molecule has 0 atom stereocenters. The first-order valence-electron chi connectivity index (χ1n) is 13.1. The average Bonchev–Trinajstić information content (AvgIpc) is 2.73. The topological polar surface area (TPSA) is 58.9 Å². The maximum atomic E-state index is 13.8. The van der Waals surface area contributed by atoms with Crippen molar-refractivity contribution in [2.24, 2.45) is 0 Å². The van der Waals surface area contributed by atoms with Gasteiger partial charge in [-0.2, -0.15) is 26.3 Å². The molecule has 0 heterocycles. The van der Waals surface area contributed by atoms with Gasteiger partial charge in [0.25, 0.3) is 5.60 Å². The molecule has 0 bridgehead atoms. The molecular weight excluding hydrogens is 550 g/mol. The van der Waals surface area contributed by atoms with Gasteiger partial charge in [-0.1, -0.05) is 30.4 Å². The molecule has 4 nitrogen and oxygen atoms in total. The Morgan fingerprint density at radius 1 is 0.683 bits per heavy atom. The van der Waals surface area contributed by atoms with E-state index in [-0.39, 0.29) is 0 Å². The second kappa shape index (κ2) is 10.2. The number of alkyl halides is 6. The van der Waals surface area contributed by atoms with Crippen molar-refractivity contribution < 1.29 is 46.0 Å². The van der Waals surface area contributed by atoms with Gasteiger partial charge in [-0.15, -0.1) is 0 Å². The van der Waals surface area contributed by atoms with Crippen molar-refractivity contribution in [1.82, 2.24) is 0 Å². The zero-order chi connectivity index (χ0) is 32.4. The third-order valence-corrected chi connectivity index (χ3v) is 7.96. The molecule has 0 radical (unpaired) electrons. The van der Waals surface area contributed by atoms with Crippen LogP contribution in [0.5, 0.6) is 0 Å². The van der Waals surface area contributed by atoms with Crippen molar-refractivity contribution in [2.75, 3.05) is 0 Å². The molecule has 0 spiro atoms. The predicted octanol–water partition coefficient (Wildman–Crippen LogP) is 8.56. The summed E-state index contributed by atoms with van der Waals surface area (Å²) in [5.41, 5.74) is -11.0. The van der Waals surface area contributed by atoms with E-state index in [9.17, 15) is 36.6 Å². The highest BCUT2D eigenvalue weighted by Gasteiger charge is 2.78. The molecule has 2 rings (SSSR count). The third-order valence-electron chi connectivity index (χ3n) is 7.96. The average molecular weight is 593 g/mol. The number of ether oxygens (including phenoxy) is 2. The summed E-state index contributed by atoms with van der Waals surface area (Å²) in [7, 11) is 0. The number of benzene rings is 2. The van der Waals surface area contributed by atoms with Crippen LogP contribution in [0.25, 0.3) is 16.3 Å². The lowest BCUT2D eigenvalue weighted by molar-refractivity contribution is -0.420. The van der Waals surface area contributed by atoms with Crippen LogP contribution in [0.15, 0.2) is 36.9 Å². The van der Waals surface area contributed by atoms with E-state index >= 15 is 0 Å². The van der Waals surface area contributed by atoms with Crippen LogP contribution in [-0.2, 0) is 20.7 Å². The Morgan fingerprint density at radius 2 is 1.12 bits per heavy atom. The lowest BCUT2D eigenvalue weighted by Crippen LogP contribution is -2.70. The Hall–Kier alpha value is -2.14. The predicted molar refractivity (Wildman–Crippen MR) is 148 cm³/mol. The fraction of sp³-hybridized carbons (Fsp3) is 0.613. The Morgan fingerprint density at radius 3 is 1.54 bits per heavy atom. The summed E-state index contributed by atoms with van der Waals surface area (Å²) >= 11 is 0. The highest BCUT2D eigenvalue weighted by Crippen LogP contribution is 2.53. The number of allylic oxidation sites excluding steroid dienone is 1. The number of rotatable bonds is 9. The SMILES string of the molecule is C=C(C)c1cc2cccc(C(C)(C)OC(C)(C)C(O)(C(F)(F)F)C(F)(F)F)c2cc1C(C)(C)OC(C)(C)C(C)(C)O. The minimum absolute atomic E-state index is 0.293. The van der Waals surface area contributed by atoms with Crippen LogP contribution < -0.4 is 0 Å². The first-order valence-corrected chi connectivity index (χ1v) is 13.1. The minimum atomic E-state index is -6.07. The molecule has 0 aliphatic heterocycles. The van der Waals surface area contributed by atoms with Crippen LogP contribution in [0.2, 0.25) is 0 Å². The van der Waals surface area contributed by atoms with Crippen LogP contribution in [0.3, 0.4) is 0 Å². The summed E-state index contributed by atoms with van der Waals surface area (Å²) in [6, 6.07) is 8.51. The molecule has 0 aromatic heterocycles. The first kappa shape index (κ1) is 35.1. The van der Waals surface area contributed by atoms with Gasteiger partial charge >= 0.3 is 12.4 Å². The quantitative estimate of drug-likeness (QED) is 0.287. The molecule has 0 unspecified atom stereocenters. The summed E-state index contributed by atoms with van der Waals surface area (Å²) in [4.78, 5) is 0. The van der Waals surface area contributed by atoms with Crippen molar-refractivity contribution in [3.05, 3.63) is 53.6 Å². The maximum Gasteiger partial charge on any atom is 0.429 e. The maximum absolute atomic E-state index is 13.8. The molecule has 232 valence electrons. The van der Waals surface area contributed by atoms with E-state index in [0.717, 1.165) is 5.56 Å². The molecule has 2 N–H and O–H groups in total. The molecule has 41 heavy (non-hydrogen) atoms. The fourth-order valence-corrected chi connectivity index (χ4v) is 5.13. The lowest BCUT2D eigenvalue weighted by atomic mass is 9.81. The van der Waals surface area contributed by atoms with Crippen molar-refractivity contribution in [2.45, 2.75) is 122 Å². The molecule has 2 aromatic rings. The first-order chi connectivity index (χ1) is 17.9. The number of halogens is 6. The van der Waals surface area contributed by atoms with Crippen LogP contribution in [0.4, 0.5) is 26.3 Å². The normalized spacial score (nSPS) is 15.0. The Balaban J connectivity index is 2.82. The second-order valence-corrected chi connectivity index (χ2v) is 13.2. The van der Waals surface area contributed by atoms with Gasteiger partial charge in [0.1, 0.15) is 5.60 Å². The van der Waals surface area contributed by atoms with E-state index in [4.69, 9.17) is 9.47 Å². The largest absolute Gasteiger partial charge is 0.429 e. The Labute approximate surface area is 238 Å². The molecule has 0 aliphatic carbocycles. The van der Waals surface area contributed by atoms with Gasteiger partial charge in [-0.05, 0) is 116 Å². The zero-order valence-electron chi connectivity index (χ0n) is 25.6. The number of hydrogen-bond acceptors (Lipinski definition) is 4. The van der Waals surface area contributed by atoms with E-state index in [2.05, 4.69) is 6.58 Å². The van der Waals surface area contributed by atoms with Crippen LogP contribution in [-0.4, -0.2) is 45.0 Å². The van der Waals surface area contributed by atoms with Gasteiger partial charge in [0.2, 0.25) is 0 Å². The van der Waals surface area contributed by atoms with Gasteiger partial charge in [0, 0.05) is 0 Å². The highest BCUT2D eigenvalue weighted by molar-refractivity contribution is 5.91. The Kier molecular flexibility index (Phi) is 8.76. The third kappa shape index (κ3) is 6.31. The zero-order valence-corrected chi connectivity index (χ0v) is 25.6. The van der Waals surface area contributed by atoms with Gasteiger partial charge in [-0.3, -0.25) is 0 Å². The summed E-state index contributed by atoms with van der Waals surface area (Å²) in [6.45, 7) is 20.0. The summed E-state index contributed by atoms with van der Waals surface area (Å²) < 4.78 is 94.6. The summed E-state index contributed by atoms with van der Waals surface area (Å²) in [5, 5.41) is 22.0. The molecule has 0 fully saturated rings. The van der Waals surface area contributed by atoms with Gasteiger partial charge < -0.3 is 19.7 Å². The monoisotopic (exact) mass is 592 g/mol. The molecule has 0 saturated carbocycles. The number of fused-ring (bicyclic) bond motifs is 1. The van der Waals surface area contributed by atoms with Gasteiger partial charge in [0.05, 0.1) is 22.4 Å². The highest BCUT2D eigenvalue weighted by atomic mass is 19.4. The Bertz CT molecular complexity index is 1280. The van der Waals surface area contributed by atoms with Crippen LogP contribution in [0.1, 0.15) is 92.9 Å². The number of hydrogen-bond donors (Lipinski definition) is 2. The van der Waals surface area contributed by atoms with E-state index in [1.165, 1.54) is 13.8 Å². The fourth-order valence-electron chi connectivity index (χ4n) is 5.13. The second-order valence-electron chi connectivity index (χ2n) is 13.2. The number of aliphatic hydroxyl groups is 2. The molecular formula is C31H42F6O4. The van der Waals surface area contributed by atoms with Crippen molar-refractivity contribution in [3.8, 4) is 0 Å². The van der Waals surface area contributed by atoms with Gasteiger partial charge in [-0.25, -0.2) is 0 Å². The van der Waals surface area contributed by atoms with E-state index in [1.54, 1.807) is 72.7 Å². The van der Waals surface area contributed by atoms with Crippen molar-refractivity contribution >= 4 is 16.3 Å². The van der Waals surface area contributed by atoms with Gasteiger partial charge in [0.15, 0.2) is 0 Å². The minimum Gasteiger partial charge on any atom is -0.387 e. The van der Waals surface area contributed by atoms with Crippen molar-refractivity contribution in [1.29, 1.82) is 0 Å². The smallest absolute Gasteiger partial charge is 0.387 e. The summed E-state index contributed by atoms with van der Waals surface area (Å²) in [5.74, 6) is 0. The van der Waals surface area contributed by atoms with E-state index in [1.807, 2.05) is 6.07 Å². The van der Waals surface area contributed by atoms with E-state index < -0.39 is 46.0 Å². The molecule has 2 aromatic carbocycles. The molecule has 0 amide bonds. The summed E-state index contributed by atoms with van der Waals surface area (Å²) in [6.07, 6.45) is -12.1. The molecule has 10 heteroatoms. The van der Waals surface area contributed by atoms with Crippen molar-refractivity contribution in [3.63, 3.8) is 0 Å². The molecule has 0 aliphatic rings.